The number of aryl methyl sites for hydroxylation is 5. The number of hydrogen-bond acceptors (Lipinski definition) is 12. The molecule has 0 bridgehead atoms. The van der Waals surface area contributed by atoms with Gasteiger partial charge in [-0.15, -0.1) is 15.3 Å². The van der Waals surface area contributed by atoms with Gasteiger partial charge in [-0.1, -0.05) is 12.8 Å². The fraction of sp³-hybridized carbons (Fsp3) is 0.377. The summed E-state index contributed by atoms with van der Waals surface area (Å²) >= 11 is 3.33. The van der Waals surface area contributed by atoms with Gasteiger partial charge in [-0.25, -0.2) is 23.4 Å². The van der Waals surface area contributed by atoms with Crippen molar-refractivity contribution in [3.8, 4) is 22.8 Å². The van der Waals surface area contributed by atoms with Crippen molar-refractivity contribution >= 4 is 39.8 Å². The van der Waals surface area contributed by atoms with Crippen LogP contribution in [0.4, 0.5) is 30.0 Å². The lowest BCUT2D eigenvalue weighted by Gasteiger charge is -2.44. The second kappa shape index (κ2) is 24.3. The molecular formula is C61H69BrF2N12O4. The zero-order valence-electron chi connectivity index (χ0n) is 47.3. The van der Waals surface area contributed by atoms with E-state index >= 15 is 0 Å². The van der Waals surface area contributed by atoms with Gasteiger partial charge in [0.25, 0.3) is 0 Å². The number of rotatable bonds is 11. The van der Waals surface area contributed by atoms with Crippen LogP contribution in [0, 0.1) is 46.3 Å². The van der Waals surface area contributed by atoms with Crippen molar-refractivity contribution in [1.82, 2.24) is 49.5 Å². The summed E-state index contributed by atoms with van der Waals surface area (Å²) in [7, 11) is 0. The normalized spacial score (nSPS) is 14.2. The van der Waals surface area contributed by atoms with E-state index in [1.807, 2.05) is 31.3 Å². The first-order valence-electron chi connectivity index (χ1n) is 26.7. The summed E-state index contributed by atoms with van der Waals surface area (Å²) in [5.41, 5.74) is 6.99. The van der Waals surface area contributed by atoms with Crippen LogP contribution in [0.1, 0.15) is 120 Å². The standard InChI is InChI=1S/C30H33FN6O2.C20H25FN4O2.C11H11BrN2/c1-20-9-10-21(2)37(20)22-11-12-24(33-18-22)25-13-14-26(35-34-25)36(28(38)39-29(3,4)5)19-30(15-7-16-30)27-23(31)8-6-17-32-27;1-14-8-9-16(24-23-14)25(18(26)27-19(2,3)4)13-20(10-6-11-20)17-15(21)7-5-12-22-17;1-8-3-4-9(2)14(8)10-5-6-11(12)13-7-10/h6,8-14,17-18H,7,15-16,19H2,1-5H3;5,7-9,12H,6,10-11,13H2,1-4H3;3-7H,1-2H3. The third-order valence-corrected chi connectivity index (χ3v) is 14.5. The molecule has 0 aliphatic heterocycles. The molecule has 0 aromatic carbocycles. The highest BCUT2D eigenvalue weighted by atomic mass is 79.9. The summed E-state index contributed by atoms with van der Waals surface area (Å²) in [5.74, 6) is -0.0118. The van der Waals surface area contributed by atoms with Gasteiger partial charge in [-0.05, 0) is 215 Å². The summed E-state index contributed by atoms with van der Waals surface area (Å²) in [6, 6.07) is 29.2. The molecule has 0 N–H and O–H groups in total. The minimum Gasteiger partial charge on any atom is -0.443 e. The quantitative estimate of drug-likeness (QED) is 0.112. The molecule has 0 unspecified atom stereocenters. The molecule has 80 heavy (non-hydrogen) atoms. The summed E-state index contributed by atoms with van der Waals surface area (Å²) < 4.78 is 45.7. The van der Waals surface area contributed by atoms with E-state index in [9.17, 15) is 18.4 Å². The summed E-state index contributed by atoms with van der Waals surface area (Å²) in [4.78, 5) is 46.6. The Labute approximate surface area is 475 Å². The highest BCUT2D eigenvalue weighted by Crippen LogP contribution is 2.46. The predicted molar refractivity (Wildman–Crippen MR) is 308 cm³/mol. The molecule has 10 rings (SSSR count). The maximum Gasteiger partial charge on any atom is 0.416 e. The fourth-order valence-electron chi connectivity index (χ4n) is 9.88. The van der Waals surface area contributed by atoms with Crippen molar-refractivity contribution in [1.29, 1.82) is 0 Å². The molecular weight excluding hydrogens is 1080 g/mol. The van der Waals surface area contributed by atoms with Crippen molar-refractivity contribution in [3.05, 3.63) is 178 Å². The maximum absolute atomic E-state index is 14.8. The van der Waals surface area contributed by atoms with Crippen molar-refractivity contribution in [2.24, 2.45) is 0 Å². The molecule has 8 aromatic rings. The molecule has 0 spiro atoms. The van der Waals surface area contributed by atoms with Crippen LogP contribution in [0.3, 0.4) is 0 Å². The molecule has 0 radical (unpaired) electrons. The van der Waals surface area contributed by atoms with Gasteiger partial charge < -0.3 is 18.6 Å². The largest absolute Gasteiger partial charge is 0.443 e. The van der Waals surface area contributed by atoms with Gasteiger partial charge in [0.05, 0.1) is 46.5 Å². The lowest BCUT2D eigenvalue weighted by Crippen LogP contribution is -2.50. The van der Waals surface area contributed by atoms with Gasteiger partial charge in [0.15, 0.2) is 11.6 Å². The lowest BCUT2D eigenvalue weighted by molar-refractivity contribution is 0.0547. The smallest absolute Gasteiger partial charge is 0.416 e. The van der Waals surface area contributed by atoms with Gasteiger partial charge in [0.1, 0.15) is 33.1 Å². The predicted octanol–water partition coefficient (Wildman–Crippen LogP) is 13.8. The lowest BCUT2D eigenvalue weighted by atomic mass is 9.66. The number of anilines is 2. The third kappa shape index (κ3) is 13.8. The molecule has 8 aromatic heterocycles. The topological polar surface area (TPSA) is 172 Å². The average Bonchev–Trinajstić information content (AvgIpc) is 4.08. The minimum absolute atomic E-state index is 0.187. The van der Waals surface area contributed by atoms with E-state index in [1.165, 1.54) is 33.3 Å². The Balaban J connectivity index is 0.000000176. The second-order valence-electron chi connectivity index (χ2n) is 22.5. The zero-order valence-corrected chi connectivity index (χ0v) is 48.9. The number of pyridine rings is 4. The monoisotopic (exact) mass is 1150 g/mol. The van der Waals surface area contributed by atoms with Crippen LogP contribution >= 0.6 is 15.9 Å². The van der Waals surface area contributed by atoms with E-state index in [2.05, 4.69) is 123 Å². The molecule has 16 nitrogen and oxygen atoms in total. The van der Waals surface area contributed by atoms with Crippen LogP contribution in [-0.4, -0.2) is 85.9 Å². The summed E-state index contributed by atoms with van der Waals surface area (Å²) in [6.07, 6.45) is 10.6. The minimum atomic E-state index is -0.714. The Morgan fingerprint density at radius 2 is 0.963 bits per heavy atom. The number of amides is 2. The molecule has 19 heteroatoms. The first-order valence-corrected chi connectivity index (χ1v) is 27.5. The number of nitrogens with zero attached hydrogens (tertiary/aromatic N) is 12. The molecule has 0 atom stereocenters. The van der Waals surface area contributed by atoms with Crippen LogP contribution in [0.2, 0.25) is 0 Å². The Bertz CT molecular complexity index is 3360. The molecule has 2 saturated carbocycles. The van der Waals surface area contributed by atoms with E-state index in [1.54, 1.807) is 96.5 Å². The van der Waals surface area contributed by atoms with Gasteiger partial charge in [0.2, 0.25) is 0 Å². The van der Waals surface area contributed by atoms with Crippen molar-refractivity contribution in [3.63, 3.8) is 0 Å². The van der Waals surface area contributed by atoms with Crippen LogP contribution < -0.4 is 9.80 Å². The number of carbonyl (C=O) groups is 2. The number of carbonyl (C=O) groups excluding carboxylic acids is 2. The van der Waals surface area contributed by atoms with Gasteiger partial charge >= 0.3 is 12.2 Å². The molecule has 8 heterocycles. The Hall–Kier alpha value is -7.80. The highest BCUT2D eigenvalue weighted by molar-refractivity contribution is 9.10. The first kappa shape index (κ1) is 58.4. The number of ether oxygens (including phenoxy) is 2. The third-order valence-electron chi connectivity index (χ3n) is 14.1. The fourth-order valence-corrected chi connectivity index (χ4v) is 10.1. The number of hydrogen-bond donors (Lipinski definition) is 0. The molecule has 2 fully saturated rings. The SMILES string of the molecule is Cc1ccc(C)n1-c1ccc(-c2ccc(N(CC3(c4ncccc4F)CCC3)C(=O)OC(C)(C)C)nn2)nc1.Cc1ccc(C)n1-c1ccc(Br)nc1.Cc1ccc(N(CC2(c3ncccc3F)CCC2)C(=O)OC(C)(C)C)nn1. The van der Waals surface area contributed by atoms with E-state index < -0.39 is 34.2 Å². The van der Waals surface area contributed by atoms with Crippen LogP contribution in [0.5, 0.6) is 0 Å². The van der Waals surface area contributed by atoms with Crippen LogP contribution in [0.15, 0.2) is 126 Å². The van der Waals surface area contributed by atoms with E-state index in [0.29, 0.717) is 47.3 Å². The van der Waals surface area contributed by atoms with Crippen molar-refractivity contribution in [2.45, 2.75) is 137 Å². The van der Waals surface area contributed by atoms with Crippen molar-refractivity contribution < 1.29 is 27.8 Å². The summed E-state index contributed by atoms with van der Waals surface area (Å²) in [5, 5.41) is 17.0. The Morgan fingerprint density at radius 3 is 1.30 bits per heavy atom. The summed E-state index contributed by atoms with van der Waals surface area (Å²) in [6.45, 7) is 21.4. The van der Waals surface area contributed by atoms with Crippen molar-refractivity contribution in [2.75, 3.05) is 22.9 Å². The Kier molecular flexibility index (Phi) is 17.7. The van der Waals surface area contributed by atoms with Gasteiger partial charge in [-0.3, -0.25) is 24.8 Å². The van der Waals surface area contributed by atoms with Crippen LogP contribution in [-0.2, 0) is 20.3 Å². The Morgan fingerprint density at radius 1 is 0.537 bits per heavy atom. The highest BCUT2D eigenvalue weighted by Gasteiger charge is 2.47. The number of halogens is 3. The molecule has 418 valence electrons. The maximum atomic E-state index is 14.8. The molecule has 2 amide bonds. The van der Waals surface area contributed by atoms with Crippen LogP contribution in [0.25, 0.3) is 22.8 Å². The number of aromatic nitrogens is 10. The van der Waals surface area contributed by atoms with E-state index in [4.69, 9.17) is 9.47 Å². The average molecular weight is 1150 g/mol. The molecule has 2 aliphatic carbocycles. The molecule has 2 aliphatic rings. The molecule has 0 saturated heterocycles. The van der Waals surface area contributed by atoms with E-state index in [0.717, 1.165) is 58.7 Å². The zero-order chi connectivity index (χ0) is 57.6. The van der Waals surface area contributed by atoms with E-state index in [-0.39, 0.29) is 24.7 Å². The van der Waals surface area contributed by atoms with Gasteiger partial charge in [0, 0.05) is 59.1 Å². The second-order valence-corrected chi connectivity index (χ2v) is 23.3. The van der Waals surface area contributed by atoms with Gasteiger partial charge in [-0.2, -0.15) is 5.10 Å². The first-order chi connectivity index (χ1) is 37.9.